The minimum atomic E-state index is -3.85. The summed E-state index contributed by atoms with van der Waals surface area (Å²) >= 11 is 0. The van der Waals surface area contributed by atoms with Crippen molar-refractivity contribution in [2.75, 3.05) is 33.2 Å². The third-order valence-corrected chi connectivity index (χ3v) is 5.29. The quantitative estimate of drug-likeness (QED) is 0.607. The zero-order chi connectivity index (χ0) is 20.7. The molecular formula is C18H22N2O7S. The van der Waals surface area contributed by atoms with Crippen LogP contribution in [0.15, 0.2) is 47.4 Å². The predicted octanol–water partition coefficient (Wildman–Crippen LogP) is 1.89. The maximum atomic E-state index is 12.4. The van der Waals surface area contributed by atoms with E-state index in [2.05, 4.69) is 14.8 Å². The molecule has 1 amide bonds. The van der Waals surface area contributed by atoms with E-state index in [1.807, 2.05) is 0 Å². The number of ether oxygens (including phenoxy) is 3. The first kappa shape index (κ1) is 21.5. The molecule has 0 fully saturated rings. The predicted molar refractivity (Wildman–Crippen MR) is 102 cm³/mol. The lowest BCUT2D eigenvalue weighted by molar-refractivity contribution is 0.181. The number of anilines is 1. The average Bonchev–Trinajstić information content (AvgIpc) is 2.71. The van der Waals surface area contributed by atoms with E-state index in [4.69, 9.17) is 9.47 Å². The molecule has 0 saturated carbocycles. The third-order valence-electron chi connectivity index (χ3n) is 3.86. The summed E-state index contributed by atoms with van der Waals surface area (Å²) in [5.41, 5.74) is 0.856. The lowest BCUT2D eigenvalue weighted by Crippen LogP contribution is -2.28. The highest BCUT2D eigenvalue weighted by molar-refractivity contribution is 7.89. The van der Waals surface area contributed by atoms with E-state index in [1.54, 1.807) is 18.2 Å². The fraction of sp³-hybridized carbons (Fsp3) is 0.278. The molecule has 0 aromatic heterocycles. The van der Waals surface area contributed by atoms with Crippen LogP contribution in [0.1, 0.15) is 11.7 Å². The van der Waals surface area contributed by atoms with Gasteiger partial charge in [-0.1, -0.05) is 6.07 Å². The first-order chi connectivity index (χ1) is 13.3. The number of carbonyl (C=O) groups excluding carboxylic acids is 1. The van der Waals surface area contributed by atoms with Crippen molar-refractivity contribution in [3.8, 4) is 11.5 Å². The van der Waals surface area contributed by atoms with Crippen molar-refractivity contribution in [1.29, 1.82) is 0 Å². The minimum Gasteiger partial charge on any atom is -0.493 e. The average molecular weight is 410 g/mol. The molecule has 0 bridgehead atoms. The van der Waals surface area contributed by atoms with Crippen LogP contribution in [-0.2, 0) is 14.8 Å². The van der Waals surface area contributed by atoms with Gasteiger partial charge in [0.15, 0.2) is 11.5 Å². The standard InChI is InChI=1S/C18H22N2O7S/c1-25-16-9-4-12(10-17(16)26-2)15(21)11-19-28(23,24)14-7-5-13(6-8-14)20-18(22)27-3/h4-10,15,19,21H,11H2,1-3H3,(H,20,22)/t15-/m1/s1. The van der Waals surface area contributed by atoms with Crippen LogP contribution in [0, 0.1) is 0 Å². The topological polar surface area (TPSA) is 123 Å². The van der Waals surface area contributed by atoms with E-state index in [9.17, 15) is 18.3 Å². The number of methoxy groups -OCH3 is 3. The highest BCUT2D eigenvalue weighted by Gasteiger charge is 2.18. The number of aliphatic hydroxyl groups is 1. The summed E-state index contributed by atoms with van der Waals surface area (Å²) in [6, 6.07) is 10.3. The molecule has 3 N–H and O–H groups in total. The van der Waals surface area contributed by atoms with Crippen LogP contribution < -0.4 is 19.5 Å². The lowest BCUT2D eigenvalue weighted by atomic mass is 10.1. The molecule has 0 aliphatic heterocycles. The number of amides is 1. The maximum Gasteiger partial charge on any atom is 0.411 e. The van der Waals surface area contributed by atoms with E-state index < -0.39 is 22.2 Å². The fourth-order valence-electron chi connectivity index (χ4n) is 2.34. The van der Waals surface area contributed by atoms with Gasteiger partial charge in [-0.2, -0.15) is 0 Å². The Morgan fingerprint density at radius 2 is 1.68 bits per heavy atom. The van der Waals surface area contributed by atoms with Crippen molar-refractivity contribution in [3.05, 3.63) is 48.0 Å². The monoisotopic (exact) mass is 410 g/mol. The third kappa shape index (κ3) is 5.35. The van der Waals surface area contributed by atoms with Gasteiger partial charge in [0.05, 0.1) is 32.3 Å². The van der Waals surface area contributed by atoms with Crippen LogP contribution in [0.5, 0.6) is 11.5 Å². The Bertz CT molecular complexity index is 914. The van der Waals surface area contributed by atoms with Crippen LogP contribution in [-0.4, -0.2) is 47.5 Å². The molecule has 0 unspecified atom stereocenters. The van der Waals surface area contributed by atoms with Crippen molar-refractivity contribution in [3.63, 3.8) is 0 Å². The van der Waals surface area contributed by atoms with E-state index in [-0.39, 0.29) is 11.4 Å². The summed E-state index contributed by atoms with van der Waals surface area (Å²) in [5, 5.41) is 12.7. The number of hydrogen-bond donors (Lipinski definition) is 3. The number of nitrogens with one attached hydrogen (secondary N) is 2. The SMILES string of the molecule is COC(=O)Nc1ccc(S(=O)(=O)NC[C@@H](O)c2ccc(OC)c(OC)c2)cc1. The second-order valence-electron chi connectivity index (χ2n) is 5.62. The molecule has 10 heteroatoms. The number of aliphatic hydroxyl groups excluding tert-OH is 1. The van der Waals surface area contributed by atoms with Crippen molar-refractivity contribution >= 4 is 21.8 Å². The van der Waals surface area contributed by atoms with Gasteiger partial charge in [0.25, 0.3) is 0 Å². The zero-order valence-electron chi connectivity index (χ0n) is 15.6. The summed E-state index contributed by atoms with van der Waals surface area (Å²) in [5.74, 6) is 0.926. The number of rotatable bonds is 8. The van der Waals surface area contributed by atoms with E-state index in [0.29, 0.717) is 22.7 Å². The second-order valence-corrected chi connectivity index (χ2v) is 7.39. The lowest BCUT2D eigenvalue weighted by Gasteiger charge is -2.15. The molecule has 1 atom stereocenters. The van der Waals surface area contributed by atoms with Crippen LogP contribution in [0.2, 0.25) is 0 Å². The number of sulfonamides is 1. The van der Waals surface area contributed by atoms with E-state index >= 15 is 0 Å². The molecule has 0 saturated heterocycles. The summed E-state index contributed by atoms with van der Waals surface area (Å²) in [4.78, 5) is 11.1. The molecule has 2 rings (SSSR count). The van der Waals surface area contributed by atoms with Crippen LogP contribution >= 0.6 is 0 Å². The van der Waals surface area contributed by atoms with E-state index in [0.717, 1.165) is 0 Å². The van der Waals surface area contributed by atoms with Gasteiger partial charge in [-0.05, 0) is 42.0 Å². The minimum absolute atomic E-state index is 0.0116. The Balaban J connectivity index is 2.05. The van der Waals surface area contributed by atoms with Gasteiger partial charge in [-0.25, -0.2) is 17.9 Å². The normalized spacial score (nSPS) is 12.1. The van der Waals surface area contributed by atoms with Gasteiger partial charge in [0, 0.05) is 12.2 Å². The van der Waals surface area contributed by atoms with Gasteiger partial charge < -0.3 is 19.3 Å². The summed E-state index contributed by atoms with van der Waals surface area (Å²) in [6.45, 7) is -0.236. The molecule has 0 aliphatic rings. The molecule has 2 aromatic carbocycles. The summed E-state index contributed by atoms with van der Waals surface area (Å²) in [6.07, 6.45) is -1.75. The van der Waals surface area contributed by atoms with Crippen molar-refractivity contribution in [1.82, 2.24) is 4.72 Å². The molecule has 0 radical (unpaired) electrons. The Morgan fingerprint density at radius 3 is 2.25 bits per heavy atom. The van der Waals surface area contributed by atoms with Crippen LogP contribution in [0.25, 0.3) is 0 Å². The van der Waals surface area contributed by atoms with Gasteiger partial charge in [-0.15, -0.1) is 0 Å². The first-order valence-corrected chi connectivity index (χ1v) is 9.63. The largest absolute Gasteiger partial charge is 0.493 e. The Morgan fingerprint density at radius 1 is 1.04 bits per heavy atom. The molecule has 0 spiro atoms. The van der Waals surface area contributed by atoms with Gasteiger partial charge in [-0.3, -0.25) is 5.32 Å². The molecular weight excluding hydrogens is 388 g/mol. The second kappa shape index (κ2) is 9.40. The molecule has 0 aliphatic carbocycles. The number of benzene rings is 2. The number of carbonyl (C=O) groups is 1. The van der Waals surface area contributed by atoms with E-state index in [1.165, 1.54) is 45.6 Å². The van der Waals surface area contributed by atoms with Crippen molar-refractivity contribution < 1.29 is 32.5 Å². The highest BCUT2D eigenvalue weighted by atomic mass is 32.2. The Hall–Kier alpha value is -2.82. The summed E-state index contributed by atoms with van der Waals surface area (Å²) in [7, 11) is 0.333. The smallest absolute Gasteiger partial charge is 0.411 e. The zero-order valence-corrected chi connectivity index (χ0v) is 16.4. The number of hydrogen-bond acceptors (Lipinski definition) is 7. The summed E-state index contributed by atoms with van der Waals surface area (Å²) < 4.78 is 41.9. The van der Waals surface area contributed by atoms with Crippen molar-refractivity contribution in [2.45, 2.75) is 11.0 Å². The van der Waals surface area contributed by atoms with Gasteiger partial charge in [0.2, 0.25) is 10.0 Å². The maximum absolute atomic E-state index is 12.4. The molecule has 0 heterocycles. The van der Waals surface area contributed by atoms with Gasteiger partial charge >= 0.3 is 6.09 Å². The highest BCUT2D eigenvalue weighted by Crippen LogP contribution is 2.30. The molecule has 2 aromatic rings. The first-order valence-electron chi connectivity index (χ1n) is 8.15. The molecule has 9 nitrogen and oxygen atoms in total. The fourth-order valence-corrected chi connectivity index (χ4v) is 3.37. The van der Waals surface area contributed by atoms with Crippen LogP contribution in [0.4, 0.5) is 10.5 Å². The Kier molecular flexibility index (Phi) is 7.21. The molecule has 28 heavy (non-hydrogen) atoms. The van der Waals surface area contributed by atoms with Gasteiger partial charge in [0.1, 0.15) is 0 Å². The van der Waals surface area contributed by atoms with Crippen molar-refractivity contribution in [2.24, 2.45) is 0 Å². The van der Waals surface area contributed by atoms with Crippen LogP contribution in [0.3, 0.4) is 0 Å². The molecule has 152 valence electrons. The Labute approximate surface area is 163 Å².